The summed E-state index contributed by atoms with van der Waals surface area (Å²) < 4.78 is 40.9. The van der Waals surface area contributed by atoms with Gasteiger partial charge in [0.1, 0.15) is 5.82 Å². The lowest BCUT2D eigenvalue weighted by atomic mass is 10.1. The monoisotopic (exact) mass is 386 g/mol. The van der Waals surface area contributed by atoms with Crippen molar-refractivity contribution in [2.24, 2.45) is 0 Å². The van der Waals surface area contributed by atoms with Gasteiger partial charge in [0.05, 0.1) is 23.1 Å². The molecule has 0 saturated carbocycles. The summed E-state index contributed by atoms with van der Waals surface area (Å²) >= 11 is 0. The van der Waals surface area contributed by atoms with Crippen LogP contribution in [0.25, 0.3) is 28.2 Å². The summed E-state index contributed by atoms with van der Waals surface area (Å²) in [5.74, 6) is -0.124. The fraction of sp³-hybridized carbons (Fsp3) is 0.118. The molecule has 4 aromatic heterocycles. The Labute approximate surface area is 156 Å². The molecule has 0 aliphatic heterocycles. The van der Waals surface area contributed by atoms with Crippen LogP contribution >= 0.6 is 0 Å². The zero-order valence-corrected chi connectivity index (χ0v) is 14.4. The Morgan fingerprint density at radius 1 is 0.964 bits per heavy atom. The van der Waals surface area contributed by atoms with E-state index in [9.17, 15) is 13.2 Å². The second kappa shape index (κ2) is 6.44. The fourth-order valence-corrected chi connectivity index (χ4v) is 2.66. The number of fused-ring (bicyclic) bond motifs is 1. The molecule has 0 atom stereocenters. The summed E-state index contributed by atoms with van der Waals surface area (Å²) in [5, 5.41) is 7.23. The lowest BCUT2D eigenvalue weighted by Crippen LogP contribution is -2.10. The zero-order valence-electron chi connectivity index (χ0n) is 14.4. The van der Waals surface area contributed by atoms with Crippen molar-refractivity contribution in [1.82, 2.24) is 29.5 Å². The van der Waals surface area contributed by atoms with Gasteiger partial charge >= 0.3 is 6.18 Å². The average Bonchev–Trinajstić information content (AvgIpc) is 3.10. The lowest BCUT2D eigenvalue weighted by Gasteiger charge is -2.11. The molecule has 0 aromatic carbocycles. The number of aromatic nitrogens is 6. The van der Waals surface area contributed by atoms with E-state index in [2.05, 4.69) is 30.4 Å². The Hall–Kier alpha value is -3.76. The molecule has 4 aromatic rings. The van der Waals surface area contributed by atoms with Crippen molar-refractivity contribution < 1.29 is 13.2 Å². The molecular weight excluding hydrogens is 373 g/mol. The zero-order chi connectivity index (χ0) is 19.9. The molecule has 0 radical (unpaired) electrons. The maximum Gasteiger partial charge on any atom is 0.419 e. The van der Waals surface area contributed by atoms with Crippen molar-refractivity contribution in [1.29, 1.82) is 0 Å². The first-order chi connectivity index (χ1) is 13.4. The molecule has 4 rings (SSSR count). The highest BCUT2D eigenvalue weighted by atomic mass is 19.4. The van der Waals surface area contributed by atoms with Gasteiger partial charge in [-0.3, -0.25) is 0 Å². The number of rotatable bonds is 3. The summed E-state index contributed by atoms with van der Waals surface area (Å²) in [4.78, 5) is 16.2. The Morgan fingerprint density at radius 3 is 2.36 bits per heavy atom. The van der Waals surface area contributed by atoms with Gasteiger partial charge in [0.15, 0.2) is 5.65 Å². The molecular formula is C17H13F3N8. The number of alkyl halides is 3. The first-order valence-electron chi connectivity index (χ1n) is 8.05. The van der Waals surface area contributed by atoms with Crippen LogP contribution in [-0.2, 0) is 6.18 Å². The fourth-order valence-electron chi connectivity index (χ4n) is 2.66. The SMILES string of the molecule is CNc1ncc(-c2cnc3ccc(-c4cnc(N)c(C(F)(F)F)c4)nn23)cn1. The van der Waals surface area contributed by atoms with Gasteiger partial charge in [-0.25, -0.2) is 24.5 Å². The number of nitrogens with one attached hydrogen (secondary N) is 1. The van der Waals surface area contributed by atoms with Crippen LogP contribution in [0.2, 0.25) is 0 Å². The maximum absolute atomic E-state index is 13.1. The molecule has 0 saturated heterocycles. The summed E-state index contributed by atoms with van der Waals surface area (Å²) in [5.41, 5.74) is 6.61. The van der Waals surface area contributed by atoms with E-state index in [0.29, 0.717) is 22.9 Å². The van der Waals surface area contributed by atoms with Crippen LogP contribution in [-0.4, -0.2) is 36.6 Å². The van der Waals surface area contributed by atoms with E-state index in [4.69, 9.17) is 5.73 Å². The summed E-state index contributed by atoms with van der Waals surface area (Å²) in [6.07, 6.45) is 1.43. The predicted octanol–water partition coefficient (Wildman–Crippen LogP) is 2.89. The second-order valence-corrected chi connectivity index (χ2v) is 5.83. The maximum atomic E-state index is 13.1. The quantitative estimate of drug-likeness (QED) is 0.557. The topological polar surface area (TPSA) is 107 Å². The van der Waals surface area contributed by atoms with Crippen molar-refractivity contribution in [3.63, 3.8) is 0 Å². The number of nitrogens with two attached hydrogens (primary N) is 1. The van der Waals surface area contributed by atoms with Gasteiger partial charge < -0.3 is 11.1 Å². The Kier molecular flexibility index (Phi) is 4.06. The smallest absolute Gasteiger partial charge is 0.383 e. The first-order valence-corrected chi connectivity index (χ1v) is 8.05. The Balaban J connectivity index is 1.82. The van der Waals surface area contributed by atoms with Gasteiger partial charge in [-0.15, -0.1) is 0 Å². The standard InChI is InChI=1S/C17H13F3N8/c1-22-16-25-6-10(7-26-16)13-8-23-14-3-2-12(27-28(13)14)9-4-11(17(18,19)20)15(21)24-5-9/h2-8H,1H3,(H2,21,24)(H,22,25,26). The van der Waals surface area contributed by atoms with Crippen LogP contribution in [0.4, 0.5) is 24.9 Å². The lowest BCUT2D eigenvalue weighted by molar-refractivity contribution is -0.137. The molecule has 0 spiro atoms. The van der Waals surface area contributed by atoms with Crippen molar-refractivity contribution in [2.75, 3.05) is 18.1 Å². The number of pyridine rings is 1. The van der Waals surface area contributed by atoms with Gasteiger partial charge in [-0.2, -0.15) is 18.3 Å². The third-order valence-corrected chi connectivity index (χ3v) is 4.05. The molecule has 0 amide bonds. The number of anilines is 2. The minimum absolute atomic E-state index is 0.185. The van der Waals surface area contributed by atoms with E-state index in [1.165, 1.54) is 10.7 Å². The molecule has 0 fully saturated rings. The number of imidazole rings is 1. The summed E-state index contributed by atoms with van der Waals surface area (Å²) in [6.45, 7) is 0. The first kappa shape index (κ1) is 17.6. The van der Waals surface area contributed by atoms with Gasteiger partial charge in [0.25, 0.3) is 0 Å². The molecule has 0 bridgehead atoms. The normalized spacial score (nSPS) is 11.7. The van der Waals surface area contributed by atoms with Gasteiger partial charge in [0.2, 0.25) is 5.95 Å². The van der Waals surface area contributed by atoms with Gasteiger partial charge in [-0.1, -0.05) is 0 Å². The van der Waals surface area contributed by atoms with Gasteiger partial charge in [0, 0.05) is 36.8 Å². The minimum Gasteiger partial charge on any atom is -0.383 e. The molecule has 3 N–H and O–H groups in total. The van der Waals surface area contributed by atoms with E-state index in [1.807, 2.05) is 0 Å². The molecule has 0 aliphatic carbocycles. The third kappa shape index (κ3) is 3.06. The molecule has 0 aliphatic rings. The van der Waals surface area contributed by atoms with E-state index >= 15 is 0 Å². The number of nitrogen functional groups attached to an aromatic ring is 1. The molecule has 28 heavy (non-hydrogen) atoms. The van der Waals surface area contributed by atoms with Crippen molar-refractivity contribution in [3.05, 3.63) is 48.5 Å². The summed E-state index contributed by atoms with van der Waals surface area (Å²) in [7, 11) is 1.70. The Morgan fingerprint density at radius 2 is 1.68 bits per heavy atom. The van der Waals surface area contributed by atoms with Gasteiger partial charge in [-0.05, 0) is 18.2 Å². The van der Waals surface area contributed by atoms with Crippen LogP contribution < -0.4 is 11.1 Å². The van der Waals surface area contributed by atoms with Crippen molar-refractivity contribution in [3.8, 4) is 22.5 Å². The highest BCUT2D eigenvalue weighted by molar-refractivity contribution is 5.66. The molecule has 0 unspecified atom stereocenters. The van der Waals surface area contributed by atoms with Crippen LogP contribution in [0.15, 0.2) is 43.0 Å². The third-order valence-electron chi connectivity index (χ3n) is 4.05. The number of hydrogen-bond donors (Lipinski definition) is 2. The van der Waals surface area contributed by atoms with E-state index < -0.39 is 17.6 Å². The van der Waals surface area contributed by atoms with Crippen LogP contribution in [0.3, 0.4) is 0 Å². The molecule has 142 valence electrons. The van der Waals surface area contributed by atoms with E-state index in [0.717, 1.165) is 6.07 Å². The highest BCUT2D eigenvalue weighted by Crippen LogP contribution is 2.34. The average molecular weight is 386 g/mol. The Bertz CT molecular complexity index is 1150. The minimum atomic E-state index is -4.61. The van der Waals surface area contributed by atoms with Crippen LogP contribution in [0.5, 0.6) is 0 Å². The van der Waals surface area contributed by atoms with Crippen LogP contribution in [0.1, 0.15) is 5.56 Å². The molecule has 11 heteroatoms. The summed E-state index contributed by atoms with van der Waals surface area (Å²) in [6, 6.07) is 4.15. The number of nitrogens with zero attached hydrogens (tertiary/aromatic N) is 6. The van der Waals surface area contributed by atoms with Crippen molar-refractivity contribution >= 4 is 17.4 Å². The van der Waals surface area contributed by atoms with E-state index in [-0.39, 0.29) is 11.3 Å². The number of halogens is 3. The van der Waals surface area contributed by atoms with E-state index in [1.54, 1.807) is 37.8 Å². The second-order valence-electron chi connectivity index (χ2n) is 5.83. The highest BCUT2D eigenvalue weighted by Gasteiger charge is 2.34. The van der Waals surface area contributed by atoms with Crippen LogP contribution in [0, 0.1) is 0 Å². The predicted molar refractivity (Wildman–Crippen MR) is 96.2 cm³/mol. The largest absolute Gasteiger partial charge is 0.419 e. The van der Waals surface area contributed by atoms with Crippen molar-refractivity contribution in [2.45, 2.75) is 6.18 Å². The molecule has 8 nitrogen and oxygen atoms in total. The number of hydrogen-bond acceptors (Lipinski definition) is 7. The molecule has 4 heterocycles.